The number of carbonyl (C=O) groups is 1. The highest BCUT2D eigenvalue weighted by molar-refractivity contribution is 5.76. The average molecular weight is 329 g/mol. The van der Waals surface area contributed by atoms with Crippen molar-refractivity contribution in [2.24, 2.45) is 0 Å². The summed E-state index contributed by atoms with van der Waals surface area (Å²) in [6, 6.07) is 7.52. The zero-order valence-electron chi connectivity index (χ0n) is 14.1. The van der Waals surface area contributed by atoms with Crippen molar-refractivity contribution < 1.29 is 9.53 Å². The van der Waals surface area contributed by atoms with Crippen LogP contribution in [0.25, 0.3) is 0 Å². The monoisotopic (exact) mass is 329 g/mol. The van der Waals surface area contributed by atoms with E-state index in [2.05, 4.69) is 10.1 Å². The molecule has 1 amide bonds. The molecular weight excluding hydrogens is 306 g/mol. The van der Waals surface area contributed by atoms with Crippen LogP contribution < -0.4 is 4.74 Å². The highest BCUT2D eigenvalue weighted by Crippen LogP contribution is 2.21. The van der Waals surface area contributed by atoms with Crippen LogP contribution in [-0.4, -0.2) is 64.3 Å². The van der Waals surface area contributed by atoms with Gasteiger partial charge in [-0.25, -0.2) is 4.98 Å². The first-order valence-electron chi connectivity index (χ1n) is 8.12. The molecule has 0 spiro atoms. The van der Waals surface area contributed by atoms with Gasteiger partial charge in [0.25, 0.3) is 0 Å². The molecule has 0 saturated carbocycles. The zero-order chi connectivity index (χ0) is 16.9. The molecule has 3 heterocycles. The topological polar surface area (TPSA) is 63.5 Å². The van der Waals surface area contributed by atoms with Gasteiger partial charge >= 0.3 is 0 Å². The van der Waals surface area contributed by atoms with Gasteiger partial charge in [-0.1, -0.05) is 6.07 Å². The fourth-order valence-electron chi connectivity index (χ4n) is 2.79. The van der Waals surface area contributed by atoms with E-state index in [9.17, 15) is 4.79 Å². The largest absolute Gasteiger partial charge is 0.475 e. The summed E-state index contributed by atoms with van der Waals surface area (Å²) in [5.74, 6) is 0.751. The molecule has 0 fully saturated rings. The predicted octanol–water partition coefficient (Wildman–Crippen LogP) is 1.19. The molecule has 2 aromatic rings. The third kappa shape index (κ3) is 3.91. The smallest absolute Gasteiger partial charge is 0.224 e. The first kappa shape index (κ1) is 16.4. The van der Waals surface area contributed by atoms with E-state index >= 15 is 0 Å². The van der Waals surface area contributed by atoms with E-state index in [1.165, 1.54) is 0 Å². The number of pyridine rings is 1. The van der Waals surface area contributed by atoms with Crippen molar-refractivity contribution in [1.29, 1.82) is 0 Å². The Morgan fingerprint density at radius 1 is 1.33 bits per heavy atom. The lowest BCUT2D eigenvalue weighted by atomic mass is 10.2. The summed E-state index contributed by atoms with van der Waals surface area (Å²) in [7, 11) is 3.95. The van der Waals surface area contributed by atoms with Crippen LogP contribution in [0.1, 0.15) is 18.2 Å². The zero-order valence-corrected chi connectivity index (χ0v) is 14.1. The minimum atomic E-state index is -0.00550. The van der Waals surface area contributed by atoms with Gasteiger partial charge in [-0.3, -0.25) is 9.48 Å². The van der Waals surface area contributed by atoms with E-state index in [4.69, 9.17) is 4.74 Å². The van der Waals surface area contributed by atoms with Gasteiger partial charge in [-0.15, -0.1) is 0 Å². The number of fused-ring (bicyclic) bond motifs is 1. The molecule has 7 heteroatoms. The maximum absolute atomic E-state index is 12.5. The highest BCUT2D eigenvalue weighted by atomic mass is 16.5. The molecule has 0 saturated heterocycles. The van der Waals surface area contributed by atoms with Gasteiger partial charge in [0.1, 0.15) is 12.6 Å². The molecule has 0 aromatic carbocycles. The number of amides is 1. The van der Waals surface area contributed by atoms with Gasteiger partial charge in [-0.05, 0) is 26.2 Å². The molecule has 1 atom stereocenters. The minimum Gasteiger partial charge on any atom is -0.475 e. The number of rotatable bonds is 6. The Morgan fingerprint density at radius 2 is 2.21 bits per heavy atom. The van der Waals surface area contributed by atoms with E-state index in [1.54, 1.807) is 12.4 Å². The molecule has 0 N–H and O–H groups in total. The lowest BCUT2D eigenvalue weighted by Crippen LogP contribution is -2.43. The van der Waals surface area contributed by atoms with Gasteiger partial charge in [0.05, 0.1) is 12.2 Å². The van der Waals surface area contributed by atoms with E-state index < -0.39 is 0 Å². The highest BCUT2D eigenvalue weighted by Gasteiger charge is 2.28. The van der Waals surface area contributed by atoms with Gasteiger partial charge in [0.2, 0.25) is 11.8 Å². The van der Waals surface area contributed by atoms with Crippen molar-refractivity contribution >= 4 is 5.91 Å². The summed E-state index contributed by atoms with van der Waals surface area (Å²) in [4.78, 5) is 20.6. The Kier molecular flexibility index (Phi) is 5.10. The van der Waals surface area contributed by atoms with Crippen LogP contribution in [0.5, 0.6) is 5.88 Å². The molecule has 1 aliphatic rings. The minimum absolute atomic E-state index is 0.00550. The molecule has 2 aromatic heterocycles. The van der Waals surface area contributed by atoms with Crippen molar-refractivity contribution in [2.45, 2.75) is 19.0 Å². The van der Waals surface area contributed by atoms with E-state index in [0.29, 0.717) is 32.0 Å². The van der Waals surface area contributed by atoms with Crippen LogP contribution in [0.15, 0.2) is 36.7 Å². The fraction of sp³-hybridized carbons (Fsp3) is 0.471. The van der Waals surface area contributed by atoms with Crippen LogP contribution in [0.4, 0.5) is 0 Å². The van der Waals surface area contributed by atoms with Crippen molar-refractivity contribution in [3.8, 4) is 5.88 Å². The van der Waals surface area contributed by atoms with Gasteiger partial charge in [0.15, 0.2) is 0 Å². The Morgan fingerprint density at radius 3 is 2.96 bits per heavy atom. The summed E-state index contributed by atoms with van der Waals surface area (Å²) >= 11 is 0. The average Bonchev–Trinajstić information content (AvgIpc) is 3.07. The van der Waals surface area contributed by atoms with E-state index in [1.807, 2.05) is 52.8 Å². The van der Waals surface area contributed by atoms with Gasteiger partial charge in [0, 0.05) is 38.0 Å². The second kappa shape index (κ2) is 7.44. The van der Waals surface area contributed by atoms with Crippen molar-refractivity contribution in [3.63, 3.8) is 0 Å². The van der Waals surface area contributed by atoms with Crippen LogP contribution >= 0.6 is 0 Å². The summed E-state index contributed by atoms with van der Waals surface area (Å²) in [6.07, 6.45) is 4.00. The number of hydrogen-bond donors (Lipinski definition) is 0. The Bertz CT molecular complexity index is 671. The predicted molar refractivity (Wildman–Crippen MR) is 89.6 cm³/mol. The normalized spacial score (nSPS) is 17.0. The fourth-order valence-corrected chi connectivity index (χ4v) is 2.79. The number of hydrogen-bond acceptors (Lipinski definition) is 5. The van der Waals surface area contributed by atoms with Crippen LogP contribution in [0, 0.1) is 0 Å². The molecule has 1 aliphatic heterocycles. The Hall–Kier alpha value is -2.41. The molecule has 24 heavy (non-hydrogen) atoms. The summed E-state index contributed by atoms with van der Waals surface area (Å²) in [5.41, 5.74) is 1.04. The van der Waals surface area contributed by atoms with E-state index in [-0.39, 0.29) is 11.9 Å². The van der Waals surface area contributed by atoms with Crippen LogP contribution in [0.3, 0.4) is 0 Å². The first-order valence-corrected chi connectivity index (χ1v) is 8.12. The first-order chi connectivity index (χ1) is 11.6. The lowest BCUT2D eigenvalue weighted by molar-refractivity contribution is -0.133. The molecule has 0 aliphatic carbocycles. The van der Waals surface area contributed by atoms with Crippen molar-refractivity contribution in [3.05, 3.63) is 42.4 Å². The third-order valence-corrected chi connectivity index (χ3v) is 4.07. The number of aromatic nitrogens is 3. The summed E-state index contributed by atoms with van der Waals surface area (Å²) < 4.78 is 7.74. The second-order valence-electron chi connectivity index (χ2n) is 6.23. The van der Waals surface area contributed by atoms with Crippen molar-refractivity contribution in [1.82, 2.24) is 24.6 Å². The number of ether oxygens (including phenoxy) is 1. The van der Waals surface area contributed by atoms with Crippen molar-refractivity contribution in [2.75, 3.05) is 33.8 Å². The standard InChI is InChI=1S/C17H23N5O2/c1-20(2)10-7-17(23)21-11-14-6-9-19-22(14)15(12-21)13-24-16-5-3-4-8-18-16/h3-6,8-9,15H,7,10-13H2,1-2H3/t15-/m1/s1. The van der Waals surface area contributed by atoms with Crippen LogP contribution in [-0.2, 0) is 11.3 Å². The lowest BCUT2D eigenvalue weighted by Gasteiger charge is -2.34. The summed E-state index contributed by atoms with van der Waals surface area (Å²) in [6.45, 7) is 2.40. The number of carbonyl (C=O) groups excluding carboxylic acids is 1. The molecular formula is C17H23N5O2. The molecule has 7 nitrogen and oxygen atoms in total. The van der Waals surface area contributed by atoms with Crippen LogP contribution in [0.2, 0.25) is 0 Å². The Labute approximate surface area is 141 Å². The number of nitrogens with zero attached hydrogens (tertiary/aromatic N) is 5. The van der Waals surface area contributed by atoms with E-state index in [0.717, 1.165) is 12.2 Å². The summed E-state index contributed by atoms with van der Waals surface area (Å²) in [5, 5.41) is 4.39. The maximum atomic E-state index is 12.5. The maximum Gasteiger partial charge on any atom is 0.224 e. The third-order valence-electron chi connectivity index (χ3n) is 4.07. The molecule has 0 radical (unpaired) electrons. The van der Waals surface area contributed by atoms with Gasteiger partial charge in [-0.2, -0.15) is 5.10 Å². The second-order valence-corrected chi connectivity index (χ2v) is 6.23. The molecule has 0 unspecified atom stereocenters. The molecule has 128 valence electrons. The van der Waals surface area contributed by atoms with Gasteiger partial charge < -0.3 is 14.5 Å². The Balaban J connectivity index is 1.66. The molecule has 3 rings (SSSR count). The SMILES string of the molecule is CN(C)CCC(=O)N1Cc2ccnn2[C@@H](COc2ccccn2)C1. The molecule has 0 bridgehead atoms. The quantitative estimate of drug-likeness (QED) is 0.797.